The number of esters is 1. The summed E-state index contributed by atoms with van der Waals surface area (Å²) in [5.41, 5.74) is 3.21. The van der Waals surface area contributed by atoms with E-state index in [0.717, 1.165) is 31.8 Å². The van der Waals surface area contributed by atoms with Crippen molar-refractivity contribution in [1.29, 1.82) is 0 Å². The fourth-order valence-electron chi connectivity index (χ4n) is 3.29. The van der Waals surface area contributed by atoms with Gasteiger partial charge >= 0.3 is 5.97 Å². The zero-order valence-corrected chi connectivity index (χ0v) is 16.3. The van der Waals surface area contributed by atoms with E-state index in [1.807, 2.05) is 12.1 Å². The number of amides is 1. The molecule has 1 atom stereocenters. The van der Waals surface area contributed by atoms with Gasteiger partial charge in [-0.15, -0.1) is 0 Å². The van der Waals surface area contributed by atoms with E-state index in [2.05, 4.69) is 34.0 Å². The summed E-state index contributed by atoms with van der Waals surface area (Å²) in [6, 6.07) is 14.7. The fraction of sp³-hybridized carbons (Fsp3) is 0.364. The van der Waals surface area contributed by atoms with E-state index in [9.17, 15) is 9.59 Å². The van der Waals surface area contributed by atoms with Gasteiger partial charge in [-0.25, -0.2) is 4.79 Å². The Morgan fingerprint density at radius 2 is 1.86 bits per heavy atom. The van der Waals surface area contributed by atoms with Gasteiger partial charge in [-0.3, -0.25) is 9.69 Å². The molecule has 1 unspecified atom stereocenters. The number of rotatable bonds is 6. The third-order valence-corrected chi connectivity index (χ3v) is 4.74. The molecule has 2 aromatic carbocycles. The monoisotopic (exact) mass is 382 g/mol. The topological polar surface area (TPSA) is 67.9 Å². The van der Waals surface area contributed by atoms with Gasteiger partial charge < -0.3 is 14.8 Å². The van der Waals surface area contributed by atoms with E-state index in [4.69, 9.17) is 4.74 Å². The van der Waals surface area contributed by atoms with Crippen molar-refractivity contribution in [3.63, 3.8) is 0 Å². The molecule has 0 aliphatic carbocycles. The second-order valence-corrected chi connectivity index (χ2v) is 6.99. The lowest BCUT2D eigenvalue weighted by atomic mass is 10.1. The summed E-state index contributed by atoms with van der Waals surface area (Å²) in [6.07, 6.45) is 0.266. The first-order chi connectivity index (χ1) is 13.5. The smallest absolute Gasteiger partial charge is 0.337 e. The number of nitrogens with zero attached hydrogens (tertiary/aromatic N) is 1. The molecule has 1 amide bonds. The highest BCUT2D eigenvalue weighted by molar-refractivity contribution is 5.96. The van der Waals surface area contributed by atoms with Gasteiger partial charge in [0.05, 0.1) is 25.4 Å². The van der Waals surface area contributed by atoms with Gasteiger partial charge in [0.1, 0.15) is 0 Å². The molecule has 3 rings (SSSR count). The van der Waals surface area contributed by atoms with E-state index in [-0.39, 0.29) is 12.0 Å². The first-order valence-electron chi connectivity index (χ1n) is 9.43. The minimum atomic E-state index is -0.418. The number of benzene rings is 2. The van der Waals surface area contributed by atoms with Crippen molar-refractivity contribution in [2.75, 3.05) is 26.8 Å². The molecule has 1 aliphatic heterocycles. The third kappa shape index (κ3) is 5.41. The molecule has 0 radical (unpaired) electrons. The second-order valence-electron chi connectivity index (χ2n) is 6.99. The zero-order valence-electron chi connectivity index (χ0n) is 16.3. The van der Waals surface area contributed by atoms with Crippen molar-refractivity contribution >= 4 is 11.9 Å². The highest BCUT2D eigenvalue weighted by Gasteiger charge is 2.16. The van der Waals surface area contributed by atoms with Gasteiger partial charge in [-0.1, -0.05) is 24.3 Å². The lowest BCUT2D eigenvalue weighted by Gasteiger charge is -2.31. The number of hydrogen-bond acceptors (Lipinski definition) is 5. The molecule has 1 aliphatic rings. The first-order valence-corrected chi connectivity index (χ1v) is 9.43. The normalized spacial score (nSPS) is 17.1. The van der Waals surface area contributed by atoms with Crippen LogP contribution in [0.4, 0.5) is 0 Å². The van der Waals surface area contributed by atoms with Crippen LogP contribution < -0.4 is 5.32 Å². The molecule has 0 spiro atoms. The standard InChI is InChI=1S/C22H26N2O4/c1-16-14-24(10-11-28-16)15-18-5-3-4-17(12-18)13-23-21(25)19-6-8-20(9-7-19)22(26)27-2/h3-9,12,16H,10-11,13-15H2,1-2H3,(H,23,25). The Bertz CT molecular complexity index is 820. The Kier molecular flexibility index (Phi) is 6.79. The number of carbonyl (C=O) groups is 2. The molecule has 2 aromatic rings. The average Bonchev–Trinajstić information content (AvgIpc) is 2.72. The van der Waals surface area contributed by atoms with Gasteiger partial charge in [0.25, 0.3) is 5.91 Å². The number of morpholine rings is 1. The molecule has 0 saturated carbocycles. The third-order valence-electron chi connectivity index (χ3n) is 4.74. The van der Waals surface area contributed by atoms with Crippen molar-refractivity contribution in [3.05, 3.63) is 70.8 Å². The van der Waals surface area contributed by atoms with Crippen LogP contribution in [0.3, 0.4) is 0 Å². The summed E-state index contributed by atoms with van der Waals surface area (Å²) in [5, 5.41) is 2.93. The van der Waals surface area contributed by atoms with Crippen LogP contribution in [0.15, 0.2) is 48.5 Å². The Labute approximate surface area is 165 Å². The summed E-state index contributed by atoms with van der Waals surface area (Å²) in [6.45, 7) is 6.06. The van der Waals surface area contributed by atoms with E-state index in [1.165, 1.54) is 12.7 Å². The van der Waals surface area contributed by atoms with Crippen LogP contribution in [-0.2, 0) is 22.6 Å². The molecule has 0 bridgehead atoms. The maximum atomic E-state index is 12.4. The predicted octanol–water partition coefficient (Wildman–Crippen LogP) is 2.62. The summed E-state index contributed by atoms with van der Waals surface area (Å²) < 4.78 is 10.3. The van der Waals surface area contributed by atoms with E-state index >= 15 is 0 Å². The zero-order chi connectivity index (χ0) is 19.9. The van der Waals surface area contributed by atoms with Crippen LogP contribution >= 0.6 is 0 Å². The molecular weight excluding hydrogens is 356 g/mol. The van der Waals surface area contributed by atoms with Crippen molar-refractivity contribution in [2.45, 2.75) is 26.1 Å². The van der Waals surface area contributed by atoms with Crippen molar-refractivity contribution in [1.82, 2.24) is 10.2 Å². The Morgan fingerprint density at radius 3 is 2.57 bits per heavy atom. The molecular formula is C22H26N2O4. The van der Waals surface area contributed by atoms with Crippen LogP contribution in [0, 0.1) is 0 Å². The first kappa shape index (κ1) is 20.0. The number of hydrogen-bond donors (Lipinski definition) is 1. The van der Waals surface area contributed by atoms with E-state index < -0.39 is 5.97 Å². The molecule has 0 aromatic heterocycles. The molecule has 1 saturated heterocycles. The molecule has 6 nitrogen and oxygen atoms in total. The minimum Gasteiger partial charge on any atom is -0.465 e. The molecule has 6 heteroatoms. The Morgan fingerprint density at radius 1 is 1.14 bits per heavy atom. The number of carbonyl (C=O) groups excluding carboxylic acids is 2. The van der Waals surface area contributed by atoms with Crippen LogP contribution in [0.5, 0.6) is 0 Å². The van der Waals surface area contributed by atoms with E-state index in [1.54, 1.807) is 24.3 Å². The predicted molar refractivity (Wildman–Crippen MR) is 106 cm³/mol. The molecule has 148 valence electrons. The van der Waals surface area contributed by atoms with Gasteiger partial charge in [-0.05, 0) is 42.3 Å². The lowest BCUT2D eigenvalue weighted by molar-refractivity contribution is -0.0212. The summed E-state index contributed by atoms with van der Waals surface area (Å²) in [5.74, 6) is -0.595. The fourth-order valence-corrected chi connectivity index (χ4v) is 3.29. The Balaban J connectivity index is 1.55. The summed E-state index contributed by atoms with van der Waals surface area (Å²) in [4.78, 5) is 26.2. The Hall–Kier alpha value is -2.70. The van der Waals surface area contributed by atoms with Gasteiger partial charge in [-0.2, -0.15) is 0 Å². The van der Waals surface area contributed by atoms with Gasteiger partial charge in [0.15, 0.2) is 0 Å². The molecule has 1 fully saturated rings. The summed E-state index contributed by atoms with van der Waals surface area (Å²) in [7, 11) is 1.33. The summed E-state index contributed by atoms with van der Waals surface area (Å²) >= 11 is 0. The SMILES string of the molecule is COC(=O)c1ccc(C(=O)NCc2cccc(CN3CCOC(C)C3)c2)cc1. The maximum Gasteiger partial charge on any atom is 0.337 e. The number of ether oxygens (including phenoxy) is 2. The van der Waals surface area contributed by atoms with Crippen LogP contribution in [0.25, 0.3) is 0 Å². The van der Waals surface area contributed by atoms with E-state index in [0.29, 0.717) is 17.7 Å². The van der Waals surface area contributed by atoms with Gasteiger partial charge in [0.2, 0.25) is 0 Å². The van der Waals surface area contributed by atoms with Crippen molar-refractivity contribution < 1.29 is 19.1 Å². The quantitative estimate of drug-likeness (QED) is 0.778. The van der Waals surface area contributed by atoms with Crippen LogP contribution in [-0.4, -0.2) is 49.7 Å². The number of methoxy groups -OCH3 is 1. The van der Waals surface area contributed by atoms with Crippen LogP contribution in [0.2, 0.25) is 0 Å². The second kappa shape index (κ2) is 9.48. The van der Waals surface area contributed by atoms with Gasteiger partial charge in [0, 0.05) is 31.7 Å². The average molecular weight is 382 g/mol. The largest absolute Gasteiger partial charge is 0.465 e. The van der Waals surface area contributed by atoms with Crippen molar-refractivity contribution in [3.8, 4) is 0 Å². The van der Waals surface area contributed by atoms with Crippen LogP contribution in [0.1, 0.15) is 38.8 Å². The number of nitrogens with one attached hydrogen (secondary N) is 1. The lowest BCUT2D eigenvalue weighted by Crippen LogP contribution is -2.40. The van der Waals surface area contributed by atoms with Crippen molar-refractivity contribution in [2.24, 2.45) is 0 Å². The maximum absolute atomic E-state index is 12.4. The molecule has 28 heavy (non-hydrogen) atoms. The minimum absolute atomic E-state index is 0.177. The molecule has 1 N–H and O–H groups in total. The highest BCUT2D eigenvalue weighted by atomic mass is 16.5. The highest BCUT2D eigenvalue weighted by Crippen LogP contribution is 2.12. The molecule has 1 heterocycles.